The Kier molecular flexibility index (Phi) is 4.63. The first kappa shape index (κ1) is 15.5. The Morgan fingerprint density at radius 3 is 2.67 bits per heavy atom. The number of carbonyl (C=O) groups is 2. The van der Waals surface area contributed by atoms with E-state index in [4.69, 9.17) is 5.73 Å². The van der Waals surface area contributed by atoms with Crippen molar-refractivity contribution in [1.82, 2.24) is 4.90 Å². The van der Waals surface area contributed by atoms with Gasteiger partial charge in [-0.2, -0.15) is 0 Å². The van der Waals surface area contributed by atoms with Gasteiger partial charge in [0.2, 0.25) is 5.91 Å². The molecule has 114 valence electrons. The highest BCUT2D eigenvalue weighted by Gasteiger charge is 2.33. The molecule has 0 fully saturated rings. The van der Waals surface area contributed by atoms with Crippen LogP contribution in [0.4, 0.5) is 0 Å². The molecule has 0 bridgehead atoms. The molecule has 5 nitrogen and oxygen atoms in total. The summed E-state index contributed by atoms with van der Waals surface area (Å²) in [5.74, 6) is -1.41. The fourth-order valence-electron chi connectivity index (χ4n) is 2.83. The lowest BCUT2D eigenvalue weighted by Crippen LogP contribution is -2.48. The number of aliphatic carboxylic acids is 1. The molecular formula is C16H22N2O3. The number of nitrogens with zero attached hydrogens (tertiary/aromatic N) is 1. The summed E-state index contributed by atoms with van der Waals surface area (Å²) in [6, 6.07) is 6.82. The lowest BCUT2D eigenvalue weighted by molar-refractivity contribution is -0.141. The number of nitrogens with two attached hydrogens (primary N) is 1. The second kappa shape index (κ2) is 6.26. The molecule has 21 heavy (non-hydrogen) atoms. The molecule has 1 unspecified atom stereocenters. The molecule has 0 saturated heterocycles. The van der Waals surface area contributed by atoms with Gasteiger partial charge in [0, 0.05) is 13.1 Å². The van der Waals surface area contributed by atoms with Gasteiger partial charge in [-0.25, -0.2) is 0 Å². The van der Waals surface area contributed by atoms with Crippen molar-refractivity contribution in [2.75, 3.05) is 6.54 Å². The van der Waals surface area contributed by atoms with Crippen molar-refractivity contribution in [2.45, 2.75) is 38.8 Å². The third kappa shape index (κ3) is 3.42. The van der Waals surface area contributed by atoms with Crippen LogP contribution in [0.3, 0.4) is 0 Å². The first-order chi connectivity index (χ1) is 9.90. The normalized spacial score (nSPS) is 19.2. The van der Waals surface area contributed by atoms with E-state index < -0.39 is 17.9 Å². The number of carboxylic acids is 1. The first-order valence-electron chi connectivity index (χ1n) is 7.25. The Morgan fingerprint density at radius 2 is 2.05 bits per heavy atom. The Hall–Kier alpha value is -1.88. The predicted octanol–water partition coefficient (Wildman–Crippen LogP) is 1.57. The highest BCUT2D eigenvalue weighted by atomic mass is 16.4. The predicted molar refractivity (Wildman–Crippen MR) is 79.7 cm³/mol. The minimum absolute atomic E-state index is 0.163. The molecule has 0 radical (unpaired) electrons. The molecule has 0 saturated carbocycles. The minimum Gasteiger partial charge on any atom is -0.481 e. The van der Waals surface area contributed by atoms with E-state index in [2.05, 4.69) is 0 Å². The summed E-state index contributed by atoms with van der Waals surface area (Å²) in [4.78, 5) is 25.5. The van der Waals surface area contributed by atoms with E-state index in [9.17, 15) is 14.7 Å². The summed E-state index contributed by atoms with van der Waals surface area (Å²) < 4.78 is 0. The maximum Gasteiger partial charge on any atom is 0.312 e. The van der Waals surface area contributed by atoms with Crippen molar-refractivity contribution in [3.8, 4) is 0 Å². The van der Waals surface area contributed by atoms with Gasteiger partial charge in [0.05, 0.1) is 12.0 Å². The molecule has 1 aromatic rings. The van der Waals surface area contributed by atoms with Gasteiger partial charge in [0.25, 0.3) is 0 Å². The zero-order valence-electron chi connectivity index (χ0n) is 12.5. The average molecular weight is 290 g/mol. The number of hydrogen-bond acceptors (Lipinski definition) is 3. The van der Waals surface area contributed by atoms with Gasteiger partial charge in [-0.3, -0.25) is 9.59 Å². The van der Waals surface area contributed by atoms with Crippen LogP contribution in [0, 0.1) is 5.92 Å². The maximum absolute atomic E-state index is 12.4. The second-order valence-electron chi connectivity index (χ2n) is 6.04. The van der Waals surface area contributed by atoms with E-state index in [-0.39, 0.29) is 12.5 Å². The van der Waals surface area contributed by atoms with Crippen molar-refractivity contribution in [3.05, 3.63) is 35.4 Å². The van der Waals surface area contributed by atoms with Crippen LogP contribution >= 0.6 is 0 Å². The molecule has 2 rings (SSSR count). The summed E-state index contributed by atoms with van der Waals surface area (Å²) in [7, 11) is 0. The number of rotatable bonds is 4. The smallest absolute Gasteiger partial charge is 0.312 e. The summed E-state index contributed by atoms with van der Waals surface area (Å²) in [5, 5.41) is 9.40. The first-order valence-corrected chi connectivity index (χ1v) is 7.25. The van der Waals surface area contributed by atoms with Crippen LogP contribution in [0.15, 0.2) is 24.3 Å². The lowest BCUT2D eigenvalue weighted by Gasteiger charge is -2.34. The molecule has 0 aliphatic carbocycles. The molecular weight excluding hydrogens is 268 g/mol. The topological polar surface area (TPSA) is 83.6 Å². The fraction of sp³-hybridized carbons (Fsp3) is 0.500. The van der Waals surface area contributed by atoms with Crippen molar-refractivity contribution < 1.29 is 14.7 Å². The Morgan fingerprint density at radius 1 is 1.38 bits per heavy atom. The van der Waals surface area contributed by atoms with Crippen LogP contribution in [0.1, 0.15) is 37.3 Å². The number of amides is 1. The Labute approximate surface area is 124 Å². The van der Waals surface area contributed by atoms with Crippen LogP contribution in [0.2, 0.25) is 0 Å². The minimum atomic E-state index is -0.905. The van der Waals surface area contributed by atoms with Gasteiger partial charge < -0.3 is 15.7 Å². The summed E-state index contributed by atoms with van der Waals surface area (Å²) in [6.45, 7) is 4.65. The molecule has 5 heteroatoms. The average Bonchev–Trinajstić information content (AvgIpc) is 2.44. The molecule has 0 spiro atoms. The number of benzene rings is 1. The van der Waals surface area contributed by atoms with Gasteiger partial charge in [-0.05, 0) is 23.5 Å². The number of carboxylic acid groups (broad SMARTS) is 1. The molecule has 0 aromatic heterocycles. The highest BCUT2D eigenvalue weighted by molar-refractivity contribution is 5.84. The zero-order valence-corrected chi connectivity index (χ0v) is 12.5. The van der Waals surface area contributed by atoms with E-state index >= 15 is 0 Å². The van der Waals surface area contributed by atoms with Crippen molar-refractivity contribution in [2.24, 2.45) is 11.7 Å². The third-order valence-corrected chi connectivity index (χ3v) is 3.85. The van der Waals surface area contributed by atoms with Gasteiger partial charge in [0.1, 0.15) is 0 Å². The van der Waals surface area contributed by atoms with Crippen LogP contribution in [0.25, 0.3) is 0 Å². The van der Waals surface area contributed by atoms with E-state index in [1.54, 1.807) is 4.90 Å². The summed E-state index contributed by atoms with van der Waals surface area (Å²) in [6.07, 6.45) is 0.606. The lowest BCUT2D eigenvalue weighted by atomic mass is 9.89. The van der Waals surface area contributed by atoms with E-state index in [0.29, 0.717) is 18.9 Å². The largest absolute Gasteiger partial charge is 0.481 e. The number of fused-ring (bicyclic) bond motifs is 1. The van der Waals surface area contributed by atoms with Gasteiger partial charge >= 0.3 is 5.97 Å². The molecule has 3 N–H and O–H groups in total. The Balaban J connectivity index is 2.21. The van der Waals surface area contributed by atoms with Crippen molar-refractivity contribution in [1.29, 1.82) is 0 Å². The SMILES string of the molecule is CC(C)C[C@@H](N)C(=O)N1Cc2ccccc2C(C(=O)O)C1. The standard InChI is InChI=1S/C16H22N2O3/c1-10(2)7-14(17)15(19)18-8-11-5-3-4-6-12(11)13(9-18)16(20)21/h3-6,10,13-14H,7-9,17H2,1-2H3,(H,20,21)/t13?,14-/m1/s1. The Bertz CT molecular complexity index is 542. The van der Waals surface area contributed by atoms with E-state index in [1.165, 1.54) is 0 Å². The quantitative estimate of drug-likeness (QED) is 0.881. The molecule has 1 aliphatic heterocycles. The van der Waals surface area contributed by atoms with Gasteiger partial charge in [-0.1, -0.05) is 38.1 Å². The summed E-state index contributed by atoms with van der Waals surface area (Å²) >= 11 is 0. The van der Waals surface area contributed by atoms with Gasteiger partial charge in [-0.15, -0.1) is 0 Å². The van der Waals surface area contributed by atoms with E-state index in [1.807, 2.05) is 38.1 Å². The third-order valence-electron chi connectivity index (χ3n) is 3.85. The van der Waals surface area contributed by atoms with Crippen LogP contribution in [0.5, 0.6) is 0 Å². The fourth-order valence-corrected chi connectivity index (χ4v) is 2.83. The van der Waals surface area contributed by atoms with E-state index in [0.717, 1.165) is 11.1 Å². The monoisotopic (exact) mass is 290 g/mol. The highest BCUT2D eigenvalue weighted by Crippen LogP contribution is 2.29. The van der Waals surface area contributed by atoms with Gasteiger partial charge in [0.15, 0.2) is 0 Å². The maximum atomic E-state index is 12.4. The summed E-state index contributed by atoms with van der Waals surface area (Å²) in [5.41, 5.74) is 7.64. The zero-order chi connectivity index (χ0) is 15.6. The van der Waals surface area contributed by atoms with Crippen LogP contribution in [-0.4, -0.2) is 34.5 Å². The van der Waals surface area contributed by atoms with Crippen LogP contribution < -0.4 is 5.73 Å². The molecule has 1 amide bonds. The number of carbonyl (C=O) groups excluding carboxylic acids is 1. The second-order valence-corrected chi connectivity index (χ2v) is 6.04. The molecule has 1 aromatic carbocycles. The number of hydrogen-bond donors (Lipinski definition) is 2. The van der Waals surface area contributed by atoms with Crippen molar-refractivity contribution >= 4 is 11.9 Å². The molecule has 1 heterocycles. The van der Waals surface area contributed by atoms with Crippen LogP contribution in [-0.2, 0) is 16.1 Å². The van der Waals surface area contributed by atoms with Crippen molar-refractivity contribution in [3.63, 3.8) is 0 Å². The molecule has 2 atom stereocenters. The molecule has 1 aliphatic rings.